The quantitative estimate of drug-likeness (QED) is 0.434. The Hall–Kier alpha value is -0.275. The van der Waals surface area contributed by atoms with Gasteiger partial charge in [-0.25, -0.2) is 0 Å². The van der Waals surface area contributed by atoms with Gasteiger partial charge < -0.3 is 11.1 Å². The minimum Gasteiger partial charge on any atom is -0.322 e. The monoisotopic (exact) mass is 233 g/mol. The fraction of sp³-hybridized carbons (Fsp3) is 0.857. The van der Waals surface area contributed by atoms with Gasteiger partial charge in [-0.2, -0.15) is 0 Å². The summed E-state index contributed by atoms with van der Waals surface area (Å²) in [6.07, 6.45) is 9.51. The second-order valence-electron chi connectivity index (χ2n) is 6.16. The lowest BCUT2D eigenvalue weighted by Gasteiger charge is -2.28. The first-order chi connectivity index (χ1) is 8.14. The Morgan fingerprint density at radius 1 is 1.59 bits per heavy atom. The van der Waals surface area contributed by atoms with Gasteiger partial charge in [-0.1, -0.05) is 25.6 Å². The third-order valence-electron chi connectivity index (χ3n) is 4.88. The highest BCUT2D eigenvalue weighted by atomic mass is 14.9. The van der Waals surface area contributed by atoms with Crippen molar-refractivity contribution in [2.75, 3.05) is 13.1 Å². The molecular weight excluding hydrogens is 207 g/mol. The second kappa shape index (κ2) is 5.15. The lowest BCUT2D eigenvalue weighted by molar-refractivity contribution is 0.314. The average Bonchev–Trinajstić information content (AvgIpc) is 2.87. The first kappa shape index (κ1) is 13.2. The molecule has 2 aliphatic rings. The van der Waals surface area contributed by atoms with E-state index in [2.05, 4.69) is 26.0 Å². The van der Waals surface area contributed by atoms with Gasteiger partial charge in [-0.05, 0) is 43.6 Å². The standard InChI is InChI=1S/C14H26BN2/c1-3-14(16)10-13(6-8-17-11-13)9-12(14)5-4-7-15-2/h3,12,17H,1,4-11,16H2,2H3. The Morgan fingerprint density at radius 2 is 2.41 bits per heavy atom. The summed E-state index contributed by atoms with van der Waals surface area (Å²) in [5.74, 6) is 0.639. The van der Waals surface area contributed by atoms with E-state index in [1.54, 1.807) is 0 Å². The Kier molecular flexibility index (Phi) is 3.99. The van der Waals surface area contributed by atoms with Crippen molar-refractivity contribution >= 4 is 7.28 Å². The summed E-state index contributed by atoms with van der Waals surface area (Å²) < 4.78 is 0. The number of hydrogen-bond donors (Lipinski definition) is 2. The third-order valence-corrected chi connectivity index (χ3v) is 4.88. The molecule has 1 radical (unpaired) electrons. The maximum absolute atomic E-state index is 6.58. The molecular formula is C14H26BN2. The third kappa shape index (κ3) is 2.60. The number of rotatable bonds is 5. The van der Waals surface area contributed by atoms with Gasteiger partial charge >= 0.3 is 0 Å². The summed E-state index contributed by atoms with van der Waals surface area (Å²) in [6, 6.07) is 0. The fourth-order valence-corrected chi connectivity index (χ4v) is 3.88. The van der Waals surface area contributed by atoms with E-state index in [0.717, 1.165) is 13.0 Å². The summed E-state index contributed by atoms with van der Waals surface area (Å²) in [7, 11) is 2.26. The van der Waals surface area contributed by atoms with Crippen molar-refractivity contribution in [1.29, 1.82) is 0 Å². The molecule has 2 nitrogen and oxygen atoms in total. The SMILES string of the molecule is C=CC1(N)CC2(CCNC2)CC1CCC[B]C. The number of nitrogens with one attached hydrogen (secondary N) is 1. The predicted octanol–water partition coefficient (Wildman–Crippen LogP) is 2.21. The predicted molar refractivity (Wildman–Crippen MR) is 75.4 cm³/mol. The maximum atomic E-state index is 6.58. The van der Waals surface area contributed by atoms with Gasteiger partial charge in [0.05, 0.1) is 0 Å². The highest BCUT2D eigenvalue weighted by molar-refractivity contribution is 6.33. The first-order valence-corrected chi connectivity index (χ1v) is 7.05. The van der Waals surface area contributed by atoms with Crippen LogP contribution in [0.15, 0.2) is 12.7 Å². The molecule has 2 rings (SSSR count). The van der Waals surface area contributed by atoms with Crippen molar-refractivity contribution < 1.29 is 0 Å². The Bertz CT molecular complexity index is 273. The molecule has 1 spiro atoms. The lowest BCUT2D eigenvalue weighted by Crippen LogP contribution is -2.41. The molecule has 17 heavy (non-hydrogen) atoms. The van der Waals surface area contributed by atoms with E-state index < -0.39 is 0 Å². The molecule has 1 saturated carbocycles. The Morgan fingerprint density at radius 3 is 3.00 bits per heavy atom. The van der Waals surface area contributed by atoms with Gasteiger partial charge in [0.25, 0.3) is 0 Å². The van der Waals surface area contributed by atoms with Gasteiger partial charge in [0.15, 0.2) is 0 Å². The van der Waals surface area contributed by atoms with Crippen LogP contribution in [-0.4, -0.2) is 25.9 Å². The largest absolute Gasteiger partial charge is 0.322 e. The van der Waals surface area contributed by atoms with E-state index in [1.807, 2.05) is 6.08 Å². The molecule has 0 bridgehead atoms. The lowest BCUT2D eigenvalue weighted by atomic mass is 9.74. The van der Waals surface area contributed by atoms with Gasteiger partial charge in [0.1, 0.15) is 7.28 Å². The zero-order valence-electron chi connectivity index (χ0n) is 11.2. The van der Waals surface area contributed by atoms with Crippen LogP contribution in [0, 0.1) is 11.3 Å². The second-order valence-corrected chi connectivity index (χ2v) is 6.16. The molecule has 3 heteroatoms. The van der Waals surface area contributed by atoms with E-state index in [1.165, 1.54) is 38.5 Å². The summed E-state index contributed by atoms with van der Waals surface area (Å²) in [5, 5.41) is 3.51. The number of hydrogen-bond acceptors (Lipinski definition) is 2. The van der Waals surface area contributed by atoms with Crippen molar-refractivity contribution in [2.24, 2.45) is 17.1 Å². The van der Waals surface area contributed by atoms with Gasteiger partial charge in [-0.3, -0.25) is 0 Å². The smallest absolute Gasteiger partial charge is 0.105 e. The zero-order valence-corrected chi connectivity index (χ0v) is 11.2. The summed E-state index contributed by atoms with van der Waals surface area (Å²) in [6.45, 7) is 8.47. The van der Waals surface area contributed by atoms with Crippen molar-refractivity contribution in [3.05, 3.63) is 12.7 Å². The molecule has 1 saturated heterocycles. The van der Waals surface area contributed by atoms with Crippen molar-refractivity contribution in [3.8, 4) is 0 Å². The van der Waals surface area contributed by atoms with Crippen molar-refractivity contribution in [3.63, 3.8) is 0 Å². The highest BCUT2D eigenvalue weighted by Crippen LogP contribution is 2.52. The maximum Gasteiger partial charge on any atom is 0.105 e. The van der Waals surface area contributed by atoms with Gasteiger partial charge in [0, 0.05) is 12.1 Å². The molecule has 2 fully saturated rings. The molecule has 0 amide bonds. The molecule has 1 heterocycles. The van der Waals surface area contributed by atoms with Crippen LogP contribution in [0.1, 0.15) is 32.1 Å². The fourth-order valence-electron chi connectivity index (χ4n) is 3.88. The van der Waals surface area contributed by atoms with Crippen LogP contribution in [0.4, 0.5) is 0 Å². The van der Waals surface area contributed by atoms with Crippen molar-refractivity contribution in [2.45, 2.75) is 50.8 Å². The highest BCUT2D eigenvalue weighted by Gasteiger charge is 2.51. The van der Waals surface area contributed by atoms with Crippen LogP contribution in [-0.2, 0) is 0 Å². The zero-order chi connectivity index (χ0) is 12.4. The topological polar surface area (TPSA) is 38.0 Å². The Balaban J connectivity index is 2.00. The molecule has 0 aromatic carbocycles. The van der Waals surface area contributed by atoms with Gasteiger partial charge in [0.2, 0.25) is 0 Å². The normalized spacial score (nSPS) is 40.9. The molecule has 0 aromatic rings. The first-order valence-electron chi connectivity index (χ1n) is 7.05. The van der Waals surface area contributed by atoms with Crippen LogP contribution < -0.4 is 11.1 Å². The van der Waals surface area contributed by atoms with Crippen molar-refractivity contribution in [1.82, 2.24) is 5.32 Å². The van der Waals surface area contributed by atoms with Crippen LogP contribution in [0.25, 0.3) is 0 Å². The Labute approximate surface area is 107 Å². The van der Waals surface area contributed by atoms with E-state index in [-0.39, 0.29) is 5.54 Å². The molecule has 3 N–H and O–H groups in total. The molecule has 3 unspecified atom stereocenters. The van der Waals surface area contributed by atoms with E-state index in [9.17, 15) is 0 Å². The molecule has 1 aliphatic carbocycles. The number of nitrogens with two attached hydrogens (primary N) is 1. The summed E-state index contributed by atoms with van der Waals surface area (Å²) in [4.78, 5) is 0. The average molecular weight is 233 g/mol. The molecule has 95 valence electrons. The van der Waals surface area contributed by atoms with Crippen LogP contribution in [0.2, 0.25) is 13.1 Å². The summed E-state index contributed by atoms with van der Waals surface area (Å²) >= 11 is 0. The van der Waals surface area contributed by atoms with Crippen LogP contribution in [0.5, 0.6) is 0 Å². The minimum atomic E-state index is -0.111. The summed E-state index contributed by atoms with van der Waals surface area (Å²) in [5.41, 5.74) is 6.95. The molecule has 0 aromatic heterocycles. The van der Waals surface area contributed by atoms with Gasteiger partial charge in [-0.15, -0.1) is 6.58 Å². The van der Waals surface area contributed by atoms with E-state index in [0.29, 0.717) is 11.3 Å². The van der Waals surface area contributed by atoms with E-state index in [4.69, 9.17) is 5.73 Å². The van der Waals surface area contributed by atoms with Crippen LogP contribution in [0.3, 0.4) is 0 Å². The minimum absolute atomic E-state index is 0.111. The molecule has 1 aliphatic heterocycles. The van der Waals surface area contributed by atoms with Crippen LogP contribution >= 0.6 is 0 Å². The molecule has 3 atom stereocenters. The van der Waals surface area contributed by atoms with E-state index >= 15 is 0 Å².